The Labute approximate surface area is 170 Å². The fourth-order valence-corrected chi connectivity index (χ4v) is 4.05. The highest BCUT2D eigenvalue weighted by Crippen LogP contribution is 2.34. The van der Waals surface area contributed by atoms with E-state index in [4.69, 9.17) is 9.72 Å². The van der Waals surface area contributed by atoms with Gasteiger partial charge < -0.3 is 14.6 Å². The van der Waals surface area contributed by atoms with Crippen LogP contribution in [-0.2, 0) is 6.54 Å². The number of imidazole rings is 1. The summed E-state index contributed by atoms with van der Waals surface area (Å²) >= 11 is 3.94. The second kappa shape index (κ2) is 8.83. The van der Waals surface area contributed by atoms with Crippen molar-refractivity contribution in [3.8, 4) is 5.75 Å². The Hall–Kier alpha value is -1.65. The number of nitrogens with one attached hydrogen (secondary N) is 1. The molecule has 8 heteroatoms. The summed E-state index contributed by atoms with van der Waals surface area (Å²) in [6, 6.07) is 6.03. The predicted molar refractivity (Wildman–Crippen MR) is 113 cm³/mol. The van der Waals surface area contributed by atoms with Crippen molar-refractivity contribution < 1.29 is 4.74 Å². The van der Waals surface area contributed by atoms with E-state index in [2.05, 4.69) is 49.0 Å². The molecule has 3 aromatic rings. The molecule has 26 heavy (non-hydrogen) atoms. The fourth-order valence-electron chi connectivity index (χ4n) is 2.42. The van der Waals surface area contributed by atoms with E-state index in [0.29, 0.717) is 0 Å². The Balaban J connectivity index is 1.89. The van der Waals surface area contributed by atoms with E-state index >= 15 is 0 Å². The summed E-state index contributed by atoms with van der Waals surface area (Å²) in [5, 5.41) is 4.28. The van der Waals surface area contributed by atoms with E-state index in [9.17, 15) is 0 Å². The molecular formula is C18H20IN5OS. The maximum absolute atomic E-state index is 5.35. The van der Waals surface area contributed by atoms with Crippen LogP contribution in [-0.4, -0.2) is 39.7 Å². The SMILES string of the molecule is C=C(C)CNCCn1c(Sc2cc(OC)ccc2I)nc2cncnc21. The van der Waals surface area contributed by atoms with Crippen molar-refractivity contribution in [3.63, 3.8) is 0 Å². The van der Waals surface area contributed by atoms with E-state index in [0.717, 1.165) is 55.7 Å². The molecule has 0 saturated carbocycles. The third kappa shape index (κ3) is 4.54. The summed E-state index contributed by atoms with van der Waals surface area (Å²) in [7, 11) is 1.68. The number of hydrogen-bond donors (Lipinski definition) is 1. The Morgan fingerprint density at radius 1 is 1.42 bits per heavy atom. The van der Waals surface area contributed by atoms with E-state index in [1.807, 2.05) is 25.1 Å². The maximum Gasteiger partial charge on any atom is 0.175 e. The van der Waals surface area contributed by atoms with Crippen LogP contribution in [0.25, 0.3) is 11.2 Å². The third-order valence-electron chi connectivity index (χ3n) is 3.65. The molecule has 0 aliphatic carbocycles. The molecule has 0 aliphatic heterocycles. The van der Waals surface area contributed by atoms with Crippen LogP contribution in [0.2, 0.25) is 0 Å². The molecule has 136 valence electrons. The lowest BCUT2D eigenvalue weighted by Gasteiger charge is -2.11. The third-order valence-corrected chi connectivity index (χ3v) is 6.01. The van der Waals surface area contributed by atoms with Gasteiger partial charge >= 0.3 is 0 Å². The number of nitrogens with zero attached hydrogens (tertiary/aromatic N) is 4. The molecule has 6 nitrogen and oxygen atoms in total. The molecule has 0 saturated heterocycles. The van der Waals surface area contributed by atoms with Crippen molar-refractivity contribution in [2.45, 2.75) is 23.5 Å². The van der Waals surface area contributed by atoms with Gasteiger partial charge in [0.1, 0.15) is 17.6 Å². The molecule has 0 amide bonds. The van der Waals surface area contributed by atoms with Crippen LogP contribution in [0, 0.1) is 3.57 Å². The van der Waals surface area contributed by atoms with E-state index in [1.54, 1.807) is 31.4 Å². The minimum Gasteiger partial charge on any atom is -0.497 e. The van der Waals surface area contributed by atoms with Crippen LogP contribution in [0.5, 0.6) is 5.75 Å². The van der Waals surface area contributed by atoms with Crippen LogP contribution < -0.4 is 10.1 Å². The number of hydrogen-bond acceptors (Lipinski definition) is 6. The first kappa shape index (κ1) is 19.1. The monoisotopic (exact) mass is 481 g/mol. The number of fused-ring (bicyclic) bond motifs is 1. The van der Waals surface area contributed by atoms with E-state index in [1.165, 1.54) is 0 Å². The minimum atomic E-state index is 0.768. The van der Waals surface area contributed by atoms with Gasteiger partial charge in [-0.3, -0.25) is 0 Å². The maximum atomic E-state index is 5.35. The van der Waals surface area contributed by atoms with Crippen LogP contribution in [0.4, 0.5) is 0 Å². The van der Waals surface area contributed by atoms with Gasteiger partial charge in [-0.25, -0.2) is 15.0 Å². The molecule has 0 aliphatic rings. The lowest BCUT2D eigenvalue weighted by Crippen LogP contribution is -2.21. The van der Waals surface area contributed by atoms with Gasteiger partial charge in [0.15, 0.2) is 10.8 Å². The average Bonchev–Trinajstić information content (AvgIpc) is 2.97. The number of rotatable bonds is 8. The zero-order valence-corrected chi connectivity index (χ0v) is 17.7. The first-order chi connectivity index (χ1) is 12.6. The van der Waals surface area contributed by atoms with Gasteiger partial charge in [0.05, 0.1) is 13.3 Å². The lowest BCUT2D eigenvalue weighted by molar-refractivity contribution is 0.413. The summed E-state index contributed by atoms with van der Waals surface area (Å²) in [5.41, 5.74) is 2.76. The second-order valence-electron chi connectivity index (χ2n) is 5.81. The van der Waals surface area contributed by atoms with Crippen molar-refractivity contribution in [1.29, 1.82) is 0 Å². The largest absolute Gasteiger partial charge is 0.497 e. The summed E-state index contributed by atoms with van der Waals surface area (Å²) in [5.74, 6) is 0.832. The standard InChI is InChI=1S/C18H20IN5OS/c1-12(2)9-20-6-7-24-17-15(10-21-11-22-17)23-18(24)26-16-8-13(25-3)4-5-14(16)19/h4-5,8,10-11,20H,1,6-7,9H2,2-3H3. The van der Waals surface area contributed by atoms with Crippen LogP contribution in [0.1, 0.15) is 6.92 Å². The highest BCUT2D eigenvalue weighted by molar-refractivity contribution is 14.1. The Morgan fingerprint density at radius 3 is 3.04 bits per heavy atom. The quantitative estimate of drug-likeness (QED) is 0.301. The Kier molecular flexibility index (Phi) is 6.49. The Bertz CT molecular complexity index is 927. The van der Waals surface area contributed by atoms with E-state index in [-0.39, 0.29) is 0 Å². The van der Waals surface area contributed by atoms with Crippen molar-refractivity contribution in [3.05, 3.63) is 46.4 Å². The zero-order valence-electron chi connectivity index (χ0n) is 14.7. The zero-order chi connectivity index (χ0) is 18.5. The van der Waals surface area contributed by atoms with Gasteiger partial charge in [0, 0.05) is 28.1 Å². The molecule has 0 bridgehead atoms. The molecule has 1 N–H and O–H groups in total. The highest BCUT2D eigenvalue weighted by atomic mass is 127. The molecule has 0 atom stereocenters. The first-order valence-corrected chi connectivity index (χ1v) is 10.0. The summed E-state index contributed by atoms with van der Waals surface area (Å²) in [4.78, 5) is 14.3. The van der Waals surface area contributed by atoms with Crippen molar-refractivity contribution in [2.75, 3.05) is 20.2 Å². The molecule has 0 spiro atoms. The summed E-state index contributed by atoms with van der Waals surface area (Å²) in [6.45, 7) is 8.31. The van der Waals surface area contributed by atoms with Gasteiger partial charge in [-0.15, -0.1) is 0 Å². The molecule has 2 aromatic heterocycles. The van der Waals surface area contributed by atoms with Crippen molar-refractivity contribution >= 4 is 45.5 Å². The fraction of sp³-hybridized carbons (Fsp3) is 0.278. The normalized spacial score (nSPS) is 11.0. The van der Waals surface area contributed by atoms with Gasteiger partial charge in [-0.2, -0.15) is 0 Å². The lowest BCUT2D eigenvalue weighted by atomic mass is 10.3. The summed E-state index contributed by atoms with van der Waals surface area (Å²) < 4.78 is 8.63. The molecule has 1 aromatic carbocycles. The number of ether oxygens (including phenoxy) is 1. The van der Waals surface area contributed by atoms with Gasteiger partial charge in [-0.05, 0) is 47.7 Å². The van der Waals surface area contributed by atoms with Crippen molar-refractivity contribution in [1.82, 2.24) is 24.8 Å². The molecular weight excluding hydrogens is 461 g/mol. The predicted octanol–water partition coefficient (Wildman–Crippen LogP) is 3.76. The van der Waals surface area contributed by atoms with Crippen LogP contribution in [0.3, 0.4) is 0 Å². The topological polar surface area (TPSA) is 64.9 Å². The molecule has 0 radical (unpaired) electrons. The first-order valence-electron chi connectivity index (χ1n) is 8.11. The Morgan fingerprint density at radius 2 is 2.27 bits per heavy atom. The minimum absolute atomic E-state index is 0.768. The average molecular weight is 481 g/mol. The number of halogens is 1. The van der Waals surface area contributed by atoms with Gasteiger partial charge in [0.25, 0.3) is 0 Å². The van der Waals surface area contributed by atoms with Crippen LogP contribution in [0.15, 0.2) is 52.9 Å². The molecule has 2 heterocycles. The van der Waals surface area contributed by atoms with E-state index < -0.39 is 0 Å². The molecule has 0 fully saturated rings. The second-order valence-corrected chi connectivity index (χ2v) is 7.98. The van der Waals surface area contributed by atoms with Crippen molar-refractivity contribution in [2.24, 2.45) is 0 Å². The van der Waals surface area contributed by atoms with Gasteiger partial charge in [0.2, 0.25) is 0 Å². The van der Waals surface area contributed by atoms with Gasteiger partial charge in [-0.1, -0.05) is 23.9 Å². The number of benzene rings is 1. The van der Waals surface area contributed by atoms with Crippen LogP contribution >= 0.6 is 34.4 Å². The molecule has 0 unspecified atom stereocenters. The summed E-state index contributed by atoms with van der Waals surface area (Å²) in [6.07, 6.45) is 3.31. The smallest absolute Gasteiger partial charge is 0.175 e. The number of aromatic nitrogens is 4. The number of methoxy groups -OCH3 is 1. The highest BCUT2D eigenvalue weighted by Gasteiger charge is 2.15. The molecule has 3 rings (SSSR count).